The number of benzene rings is 1. The average molecular weight is 357 g/mol. The Kier molecular flexibility index (Phi) is 8.28. The van der Waals surface area contributed by atoms with Gasteiger partial charge in [0.1, 0.15) is 17.7 Å². The molecule has 1 aromatic heterocycles. The number of carbonyl (C=O) groups excluding carboxylic acids is 1. The van der Waals surface area contributed by atoms with E-state index in [-0.39, 0.29) is 24.1 Å². The van der Waals surface area contributed by atoms with Crippen molar-refractivity contribution < 1.29 is 9.18 Å². The molecule has 0 spiro atoms. The Labute approximate surface area is 146 Å². The van der Waals surface area contributed by atoms with Gasteiger partial charge in [-0.1, -0.05) is 12.1 Å². The van der Waals surface area contributed by atoms with Crippen molar-refractivity contribution in [3.05, 3.63) is 41.5 Å². The molecule has 1 amide bonds. The minimum atomic E-state index is -0.621. The van der Waals surface area contributed by atoms with Crippen LogP contribution in [0.3, 0.4) is 0 Å². The van der Waals surface area contributed by atoms with Crippen molar-refractivity contribution in [3.63, 3.8) is 0 Å². The molecule has 1 heterocycles. The third kappa shape index (κ3) is 5.54. The topological polar surface area (TPSA) is 98.7 Å². The maximum absolute atomic E-state index is 13.4. The molecule has 0 aliphatic carbocycles. The summed E-state index contributed by atoms with van der Waals surface area (Å²) in [4.78, 5) is 12.5. The fraction of sp³-hybridized carbons (Fsp3) is 0.467. The van der Waals surface area contributed by atoms with Gasteiger partial charge in [0.25, 0.3) is 0 Å². The van der Waals surface area contributed by atoms with Crippen LogP contribution in [-0.2, 0) is 11.2 Å². The number of nitrogens with one attached hydrogen (secondary N) is 1. The van der Waals surface area contributed by atoms with Gasteiger partial charge in [-0.15, -0.1) is 17.5 Å². The van der Waals surface area contributed by atoms with Crippen LogP contribution in [0.1, 0.15) is 30.3 Å². The second kappa shape index (κ2) is 9.94. The molecule has 1 unspecified atom stereocenters. The number of nitrogens with two attached hydrogens (primary N) is 1. The molecule has 0 aliphatic rings. The average Bonchev–Trinajstić information content (AvgIpc) is 2.95. The van der Waals surface area contributed by atoms with Gasteiger partial charge in [-0.05, 0) is 54.4 Å². The lowest BCUT2D eigenvalue weighted by molar-refractivity contribution is -0.124. The lowest BCUT2D eigenvalue weighted by Gasteiger charge is -2.17. The predicted octanol–water partition coefficient (Wildman–Crippen LogP) is 1.18. The van der Waals surface area contributed by atoms with Gasteiger partial charge in [0.2, 0.25) is 5.91 Å². The maximum Gasteiger partial charge on any atom is 0.245 e. The van der Waals surface area contributed by atoms with Crippen LogP contribution in [0.25, 0.3) is 0 Å². The van der Waals surface area contributed by atoms with Crippen LogP contribution >= 0.6 is 12.4 Å². The molecule has 7 nitrogen and oxygen atoms in total. The molecule has 0 bridgehead atoms. The zero-order valence-electron chi connectivity index (χ0n) is 13.5. The fourth-order valence-corrected chi connectivity index (χ4v) is 2.30. The highest BCUT2D eigenvalue weighted by Crippen LogP contribution is 2.16. The lowest BCUT2D eigenvalue weighted by Crippen LogP contribution is -2.35. The highest BCUT2D eigenvalue weighted by Gasteiger charge is 2.24. The molecule has 0 radical (unpaired) electrons. The van der Waals surface area contributed by atoms with Crippen molar-refractivity contribution in [2.24, 2.45) is 5.73 Å². The number of tetrazole rings is 1. The third-order valence-electron chi connectivity index (χ3n) is 3.50. The van der Waals surface area contributed by atoms with E-state index in [9.17, 15) is 9.18 Å². The summed E-state index contributed by atoms with van der Waals surface area (Å²) in [5.74, 6) is 0.00300. The van der Waals surface area contributed by atoms with Crippen LogP contribution in [0.2, 0.25) is 0 Å². The smallest absolute Gasteiger partial charge is 0.245 e. The highest BCUT2D eigenvalue weighted by molar-refractivity contribution is 5.85. The summed E-state index contributed by atoms with van der Waals surface area (Å²) in [5, 5.41) is 14.2. The molecule has 0 saturated carbocycles. The van der Waals surface area contributed by atoms with Crippen molar-refractivity contribution in [3.8, 4) is 0 Å². The first-order chi connectivity index (χ1) is 11.1. The highest BCUT2D eigenvalue weighted by atomic mass is 35.5. The third-order valence-corrected chi connectivity index (χ3v) is 3.50. The van der Waals surface area contributed by atoms with Crippen LogP contribution in [0.5, 0.6) is 0 Å². The van der Waals surface area contributed by atoms with Crippen LogP contribution in [0.4, 0.5) is 4.39 Å². The van der Waals surface area contributed by atoms with Gasteiger partial charge >= 0.3 is 0 Å². The zero-order chi connectivity index (χ0) is 16.7. The molecular weight excluding hydrogens is 335 g/mol. The van der Waals surface area contributed by atoms with Gasteiger partial charge in [0.05, 0.1) is 0 Å². The minimum absolute atomic E-state index is 0. The van der Waals surface area contributed by atoms with Crippen molar-refractivity contribution in [1.82, 2.24) is 25.5 Å². The van der Waals surface area contributed by atoms with Crippen LogP contribution in [0.15, 0.2) is 24.3 Å². The molecule has 0 saturated heterocycles. The molecule has 132 valence electrons. The summed E-state index contributed by atoms with van der Waals surface area (Å²) in [7, 11) is 0. The largest absolute Gasteiger partial charge is 0.354 e. The normalized spacial score (nSPS) is 11.6. The van der Waals surface area contributed by atoms with E-state index in [1.807, 2.05) is 0 Å². The van der Waals surface area contributed by atoms with Gasteiger partial charge in [0, 0.05) is 13.0 Å². The molecule has 9 heteroatoms. The number of carbonyl (C=O) groups is 1. The predicted molar refractivity (Wildman–Crippen MR) is 90.2 cm³/mol. The molecule has 1 atom stereocenters. The van der Waals surface area contributed by atoms with Gasteiger partial charge < -0.3 is 11.1 Å². The summed E-state index contributed by atoms with van der Waals surface area (Å²) >= 11 is 0. The molecule has 3 N–H and O–H groups in total. The van der Waals surface area contributed by atoms with Crippen molar-refractivity contribution in [2.45, 2.75) is 32.2 Å². The molecular formula is C15H22ClFN6O. The quantitative estimate of drug-likeness (QED) is 0.692. The van der Waals surface area contributed by atoms with Gasteiger partial charge in [-0.2, -0.15) is 0 Å². The Balaban J connectivity index is 0.00000288. The molecule has 0 fully saturated rings. The van der Waals surface area contributed by atoms with E-state index in [0.29, 0.717) is 30.9 Å². The van der Waals surface area contributed by atoms with E-state index in [1.165, 1.54) is 16.8 Å². The Morgan fingerprint density at radius 2 is 2.21 bits per heavy atom. The number of unbranched alkanes of at least 4 members (excludes halogenated alkanes) is 1. The van der Waals surface area contributed by atoms with Gasteiger partial charge in [0.15, 0.2) is 0 Å². The first-order valence-electron chi connectivity index (χ1n) is 7.58. The molecule has 2 aromatic rings. The Bertz CT molecular complexity index is 650. The summed E-state index contributed by atoms with van der Waals surface area (Å²) < 4.78 is 14.8. The lowest BCUT2D eigenvalue weighted by atomic mass is 10.0. The fourth-order valence-electron chi connectivity index (χ4n) is 2.30. The summed E-state index contributed by atoms with van der Waals surface area (Å²) in [5.41, 5.74) is 6.15. The van der Waals surface area contributed by atoms with Crippen molar-refractivity contribution in [1.29, 1.82) is 0 Å². The Morgan fingerprint density at radius 3 is 2.83 bits per heavy atom. The van der Waals surface area contributed by atoms with E-state index in [2.05, 4.69) is 20.8 Å². The SMILES string of the molecule is Cc1nnnn1C(Cc1cccc(F)c1)C(=O)NCCCCN.Cl. The zero-order valence-corrected chi connectivity index (χ0v) is 14.3. The molecule has 0 aliphatic heterocycles. The van der Waals surface area contributed by atoms with Crippen LogP contribution < -0.4 is 11.1 Å². The summed E-state index contributed by atoms with van der Waals surface area (Å²) in [6.45, 7) is 2.85. The number of aromatic nitrogens is 4. The number of amides is 1. The van der Waals surface area contributed by atoms with Gasteiger partial charge in [-0.3, -0.25) is 4.79 Å². The molecule has 24 heavy (non-hydrogen) atoms. The van der Waals surface area contributed by atoms with E-state index in [0.717, 1.165) is 12.8 Å². The van der Waals surface area contributed by atoms with E-state index >= 15 is 0 Å². The Morgan fingerprint density at radius 1 is 1.42 bits per heavy atom. The number of halogens is 2. The number of hydrogen-bond acceptors (Lipinski definition) is 5. The summed E-state index contributed by atoms with van der Waals surface area (Å²) in [6, 6.07) is 5.55. The Hall–Kier alpha value is -2.06. The van der Waals surface area contributed by atoms with E-state index in [1.54, 1.807) is 19.1 Å². The maximum atomic E-state index is 13.4. The molecule has 1 aromatic carbocycles. The van der Waals surface area contributed by atoms with Crippen molar-refractivity contribution >= 4 is 18.3 Å². The number of hydrogen-bond donors (Lipinski definition) is 2. The number of aryl methyl sites for hydroxylation is 1. The van der Waals surface area contributed by atoms with Gasteiger partial charge in [-0.25, -0.2) is 9.07 Å². The van der Waals surface area contributed by atoms with E-state index < -0.39 is 6.04 Å². The van der Waals surface area contributed by atoms with Crippen molar-refractivity contribution in [2.75, 3.05) is 13.1 Å². The number of rotatable bonds is 8. The van der Waals surface area contributed by atoms with Crippen LogP contribution in [0, 0.1) is 12.7 Å². The molecule has 2 rings (SSSR count). The second-order valence-electron chi connectivity index (χ2n) is 5.31. The van der Waals surface area contributed by atoms with Crippen LogP contribution in [-0.4, -0.2) is 39.2 Å². The summed E-state index contributed by atoms with van der Waals surface area (Å²) in [6.07, 6.45) is 1.97. The number of nitrogens with zero attached hydrogens (tertiary/aromatic N) is 4. The monoisotopic (exact) mass is 356 g/mol. The first kappa shape index (κ1) is 20.0. The van der Waals surface area contributed by atoms with E-state index in [4.69, 9.17) is 5.73 Å². The standard InChI is InChI=1S/C15H21FN6O.ClH/c1-11-19-20-21-22(11)14(15(23)18-8-3-2-7-17)10-12-5-4-6-13(16)9-12;/h4-6,9,14H,2-3,7-8,10,17H2,1H3,(H,18,23);1H. The second-order valence-corrected chi connectivity index (χ2v) is 5.31. The first-order valence-corrected chi connectivity index (χ1v) is 7.58. The minimum Gasteiger partial charge on any atom is -0.354 e.